The van der Waals surface area contributed by atoms with Crippen LogP contribution in [0.1, 0.15) is 31.4 Å². The molecule has 0 N–H and O–H groups in total. The molecule has 3 aliphatic rings. The van der Waals surface area contributed by atoms with Crippen LogP contribution in [-0.4, -0.2) is 71.9 Å². The molecule has 1 aromatic carbocycles. The Morgan fingerprint density at radius 1 is 0.939 bits per heavy atom. The van der Waals surface area contributed by atoms with E-state index in [0.717, 1.165) is 67.7 Å². The number of hydrogen-bond acceptors (Lipinski definition) is 7. The molecular formula is C26H33N5O2. The van der Waals surface area contributed by atoms with Gasteiger partial charge in [0.2, 0.25) is 5.88 Å². The highest BCUT2D eigenvalue weighted by atomic mass is 16.5. The van der Waals surface area contributed by atoms with Gasteiger partial charge in [0.15, 0.2) is 11.4 Å². The van der Waals surface area contributed by atoms with E-state index < -0.39 is 0 Å². The summed E-state index contributed by atoms with van der Waals surface area (Å²) in [6.07, 6.45) is 5.01. The third-order valence-electron chi connectivity index (χ3n) is 7.50. The molecule has 3 saturated heterocycles. The van der Waals surface area contributed by atoms with Crippen LogP contribution in [0, 0.1) is 5.92 Å². The van der Waals surface area contributed by atoms with Crippen LogP contribution in [0.2, 0.25) is 0 Å². The first-order valence-electron chi connectivity index (χ1n) is 12.5. The lowest BCUT2D eigenvalue weighted by molar-refractivity contribution is 0.0716. The van der Waals surface area contributed by atoms with Gasteiger partial charge in [-0.2, -0.15) is 0 Å². The van der Waals surface area contributed by atoms with Gasteiger partial charge in [0.25, 0.3) is 0 Å². The number of nitrogens with zero attached hydrogens (tertiary/aromatic N) is 5. The number of hydrogen-bond donors (Lipinski definition) is 0. The first-order chi connectivity index (χ1) is 16.3. The van der Waals surface area contributed by atoms with Crippen molar-refractivity contribution >= 4 is 16.8 Å². The quantitative estimate of drug-likeness (QED) is 0.570. The van der Waals surface area contributed by atoms with Crippen molar-refractivity contribution in [2.75, 3.05) is 50.8 Å². The average molecular weight is 448 g/mol. The highest BCUT2D eigenvalue weighted by molar-refractivity contribution is 5.88. The van der Waals surface area contributed by atoms with Gasteiger partial charge in [-0.3, -0.25) is 9.80 Å². The fraction of sp³-hybridized carbons (Fsp3) is 0.538. The van der Waals surface area contributed by atoms with E-state index in [2.05, 4.69) is 44.1 Å². The molecule has 3 aliphatic heterocycles. The van der Waals surface area contributed by atoms with Crippen LogP contribution in [0.15, 0.2) is 47.0 Å². The van der Waals surface area contributed by atoms with E-state index in [1.807, 2.05) is 18.2 Å². The number of likely N-dealkylation sites (tertiary alicyclic amines) is 1. The molecule has 0 aliphatic carbocycles. The summed E-state index contributed by atoms with van der Waals surface area (Å²) >= 11 is 0. The Labute approximate surface area is 195 Å². The molecule has 174 valence electrons. The van der Waals surface area contributed by atoms with Crippen molar-refractivity contribution in [3.63, 3.8) is 0 Å². The molecule has 3 fully saturated rings. The molecule has 7 heteroatoms. The van der Waals surface area contributed by atoms with E-state index in [4.69, 9.17) is 14.2 Å². The van der Waals surface area contributed by atoms with Crippen LogP contribution in [-0.2, 0) is 6.54 Å². The normalized spacial score (nSPS) is 24.3. The highest BCUT2D eigenvalue weighted by Crippen LogP contribution is 2.31. The lowest BCUT2D eigenvalue weighted by Crippen LogP contribution is -2.57. The minimum atomic E-state index is 0.560. The second kappa shape index (κ2) is 9.31. The molecule has 5 heterocycles. The Bertz CT molecular complexity index is 1080. The predicted octanol–water partition coefficient (Wildman–Crippen LogP) is 3.80. The van der Waals surface area contributed by atoms with Crippen LogP contribution in [0.4, 0.5) is 5.82 Å². The summed E-state index contributed by atoms with van der Waals surface area (Å²) in [5.41, 5.74) is 1.99. The van der Waals surface area contributed by atoms with E-state index in [-0.39, 0.29) is 0 Å². The zero-order valence-electron chi connectivity index (χ0n) is 19.2. The molecule has 2 aromatic heterocycles. The van der Waals surface area contributed by atoms with E-state index >= 15 is 0 Å². The number of piperazine rings is 1. The van der Waals surface area contributed by atoms with Crippen molar-refractivity contribution in [1.82, 2.24) is 19.9 Å². The van der Waals surface area contributed by atoms with Crippen molar-refractivity contribution in [3.05, 3.63) is 48.2 Å². The van der Waals surface area contributed by atoms with Gasteiger partial charge in [-0.1, -0.05) is 23.4 Å². The molecule has 6 rings (SSSR count). The summed E-state index contributed by atoms with van der Waals surface area (Å²) < 4.78 is 11.7. The fourth-order valence-corrected chi connectivity index (χ4v) is 5.69. The third kappa shape index (κ3) is 4.57. The number of piperidine rings is 1. The summed E-state index contributed by atoms with van der Waals surface area (Å²) in [6.45, 7) is 8.24. The van der Waals surface area contributed by atoms with E-state index in [1.165, 1.54) is 38.8 Å². The van der Waals surface area contributed by atoms with Crippen LogP contribution < -0.4 is 9.64 Å². The van der Waals surface area contributed by atoms with Crippen LogP contribution in [0.3, 0.4) is 0 Å². The van der Waals surface area contributed by atoms with E-state index in [0.29, 0.717) is 12.0 Å². The first kappa shape index (κ1) is 20.9. The number of aromatic nitrogens is 2. The second-order valence-electron chi connectivity index (χ2n) is 9.80. The Morgan fingerprint density at radius 3 is 2.79 bits per heavy atom. The Hall–Kier alpha value is -2.64. The van der Waals surface area contributed by atoms with Gasteiger partial charge in [0.1, 0.15) is 0 Å². The number of ether oxygens (including phenoxy) is 1. The van der Waals surface area contributed by atoms with Crippen molar-refractivity contribution in [3.8, 4) is 5.88 Å². The second-order valence-corrected chi connectivity index (χ2v) is 9.80. The van der Waals surface area contributed by atoms with Crippen LogP contribution in [0.25, 0.3) is 11.0 Å². The minimum absolute atomic E-state index is 0.560. The largest absolute Gasteiger partial charge is 0.477 e. The zero-order valence-corrected chi connectivity index (χ0v) is 19.2. The number of pyridine rings is 1. The first-order valence-corrected chi connectivity index (χ1v) is 12.5. The molecule has 0 bridgehead atoms. The summed E-state index contributed by atoms with van der Waals surface area (Å²) in [4.78, 5) is 12.3. The number of para-hydroxylation sites is 1. The molecule has 0 unspecified atom stereocenters. The van der Waals surface area contributed by atoms with Gasteiger partial charge in [-0.05, 0) is 57.0 Å². The van der Waals surface area contributed by atoms with Gasteiger partial charge in [0.05, 0.1) is 17.7 Å². The monoisotopic (exact) mass is 447 g/mol. The molecule has 3 aromatic rings. The fourth-order valence-electron chi connectivity index (χ4n) is 5.69. The van der Waals surface area contributed by atoms with Gasteiger partial charge in [-0.25, -0.2) is 4.98 Å². The maximum atomic E-state index is 6.17. The number of benzene rings is 1. The number of anilines is 1. The highest BCUT2D eigenvalue weighted by Gasteiger charge is 2.34. The molecule has 2 atom stereocenters. The molecule has 0 radical (unpaired) electrons. The molecule has 0 amide bonds. The topological polar surface area (TPSA) is 57.9 Å². The van der Waals surface area contributed by atoms with Gasteiger partial charge >= 0.3 is 0 Å². The summed E-state index contributed by atoms with van der Waals surface area (Å²) in [7, 11) is 0. The van der Waals surface area contributed by atoms with Crippen molar-refractivity contribution in [1.29, 1.82) is 0 Å². The SMILES string of the molecule is c1cc(CN2CCCC2)nc(OC[C@@H]2CC[C@@H]3CN(c4noc5ccccc45)CCN3C2)c1. The molecule has 7 nitrogen and oxygen atoms in total. The molecular weight excluding hydrogens is 414 g/mol. The summed E-state index contributed by atoms with van der Waals surface area (Å²) in [5, 5.41) is 5.49. The van der Waals surface area contributed by atoms with Gasteiger partial charge in [0, 0.05) is 50.7 Å². The van der Waals surface area contributed by atoms with Crippen LogP contribution >= 0.6 is 0 Å². The van der Waals surface area contributed by atoms with Crippen molar-refractivity contribution in [2.24, 2.45) is 5.92 Å². The smallest absolute Gasteiger partial charge is 0.213 e. The minimum Gasteiger partial charge on any atom is -0.477 e. The standard InChI is InChI=1S/C26H33N5O2/c1-2-8-24-23(7-1)26(28-33-24)31-15-14-30-16-20(10-11-22(30)18-31)19-32-25-9-5-6-21(27-25)17-29-12-3-4-13-29/h1-2,5-9,20,22H,3-4,10-19H2/t20-,22-/m1/s1. The van der Waals surface area contributed by atoms with E-state index in [1.54, 1.807) is 0 Å². The Balaban J connectivity index is 1.02. The summed E-state index contributed by atoms with van der Waals surface area (Å²) in [5.74, 6) is 2.33. The van der Waals surface area contributed by atoms with Gasteiger partial charge in [-0.15, -0.1) is 0 Å². The molecule has 0 saturated carbocycles. The van der Waals surface area contributed by atoms with Gasteiger partial charge < -0.3 is 14.2 Å². The Kier molecular flexibility index (Phi) is 5.91. The summed E-state index contributed by atoms with van der Waals surface area (Å²) in [6, 6.07) is 14.9. The molecule has 33 heavy (non-hydrogen) atoms. The van der Waals surface area contributed by atoms with E-state index in [9.17, 15) is 0 Å². The predicted molar refractivity (Wildman–Crippen MR) is 129 cm³/mol. The van der Waals surface area contributed by atoms with Crippen molar-refractivity contribution < 1.29 is 9.26 Å². The number of rotatable bonds is 6. The third-order valence-corrected chi connectivity index (χ3v) is 7.50. The molecule has 0 spiro atoms. The lowest BCUT2D eigenvalue weighted by atomic mass is 9.91. The van der Waals surface area contributed by atoms with Crippen LogP contribution in [0.5, 0.6) is 5.88 Å². The number of fused-ring (bicyclic) bond motifs is 2. The van der Waals surface area contributed by atoms with Crippen molar-refractivity contribution in [2.45, 2.75) is 38.3 Å². The zero-order chi connectivity index (χ0) is 22.0. The maximum absolute atomic E-state index is 6.17. The average Bonchev–Trinajstić information content (AvgIpc) is 3.53. The maximum Gasteiger partial charge on any atom is 0.213 e. The lowest BCUT2D eigenvalue weighted by Gasteiger charge is -2.46. The Morgan fingerprint density at radius 2 is 1.85 bits per heavy atom.